The summed E-state index contributed by atoms with van der Waals surface area (Å²) in [6.45, 7) is 11.9. The summed E-state index contributed by atoms with van der Waals surface area (Å²) in [5.74, 6) is -1.76. The van der Waals surface area contributed by atoms with Gasteiger partial charge in [-0.15, -0.1) is 0 Å². The fourth-order valence-electron chi connectivity index (χ4n) is 4.07. The summed E-state index contributed by atoms with van der Waals surface area (Å²) in [7, 11) is 0. The number of rotatable bonds is 3. The summed E-state index contributed by atoms with van der Waals surface area (Å²) < 4.78 is 46.3. The first-order chi connectivity index (χ1) is 14.8. The summed E-state index contributed by atoms with van der Waals surface area (Å²) in [4.78, 5) is 14.8. The maximum atomic E-state index is 13.4. The highest BCUT2D eigenvalue weighted by Gasteiger charge is 2.49. The maximum absolute atomic E-state index is 13.4. The third-order valence-electron chi connectivity index (χ3n) is 5.59. The number of hydrogen-bond donors (Lipinski definition) is 4. The molecule has 0 bridgehead atoms. The van der Waals surface area contributed by atoms with E-state index in [2.05, 4.69) is 10.2 Å². The number of alkyl halides is 3. The summed E-state index contributed by atoms with van der Waals surface area (Å²) in [5, 5.41) is 35.3. The fourth-order valence-corrected chi connectivity index (χ4v) is 4.07. The van der Waals surface area contributed by atoms with E-state index in [4.69, 9.17) is 11.3 Å². The topological polar surface area (TPSA) is 108 Å². The molecule has 1 aliphatic rings. The Balaban J connectivity index is 2.17. The molecule has 32 heavy (non-hydrogen) atoms. The number of alkyl carbamates (subject to hydrolysis) is 1. The van der Waals surface area contributed by atoms with Gasteiger partial charge in [-0.05, 0) is 38.3 Å². The van der Waals surface area contributed by atoms with Crippen LogP contribution in [-0.2, 0) is 16.5 Å². The number of nitrogens with zero attached hydrogens (tertiary/aromatic N) is 2. The Morgan fingerprint density at radius 2 is 2.03 bits per heavy atom. The van der Waals surface area contributed by atoms with Crippen molar-refractivity contribution in [3.63, 3.8) is 0 Å². The first kappa shape index (κ1) is 23.3. The van der Waals surface area contributed by atoms with Crippen molar-refractivity contribution in [2.45, 2.75) is 51.0 Å². The van der Waals surface area contributed by atoms with E-state index < -0.39 is 52.9 Å². The molecule has 8 nitrogen and oxygen atoms in total. The van der Waals surface area contributed by atoms with Gasteiger partial charge in [0.15, 0.2) is 5.69 Å². The predicted octanol–water partition coefficient (Wildman–Crippen LogP) is 4.29. The first-order valence-electron chi connectivity index (χ1n) is 9.77. The third-order valence-corrected chi connectivity index (χ3v) is 5.59. The van der Waals surface area contributed by atoms with E-state index in [9.17, 15) is 33.3 Å². The van der Waals surface area contributed by atoms with Crippen LogP contribution in [0.3, 0.4) is 0 Å². The number of aromatic nitrogens is 1. The molecule has 1 aromatic heterocycles. The second kappa shape index (κ2) is 7.94. The van der Waals surface area contributed by atoms with Crippen molar-refractivity contribution in [2.24, 2.45) is 0 Å². The van der Waals surface area contributed by atoms with Crippen molar-refractivity contribution >= 4 is 11.8 Å². The van der Waals surface area contributed by atoms with Crippen LogP contribution in [0.25, 0.3) is 10.5 Å². The van der Waals surface area contributed by atoms with Gasteiger partial charge >= 0.3 is 12.3 Å². The molecule has 11 heteroatoms. The molecule has 1 aliphatic carbocycles. The van der Waals surface area contributed by atoms with Gasteiger partial charge in [0.25, 0.3) is 0 Å². The van der Waals surface area contributed by atoms with Gasteiger partial charge in [0.05, 0.1) is 23.4 Å². The van der Waals surface area contributed by atoms with Gasteiger partial charge < -0.3 is 25.4 Å². The molecule has 3 atom stereocenters. The number of aliphatic hydroxyl groups is 1. The Labute approximate surface area is 181 Å². The van der Waals surface area contributed by atoms with Crippen LogP contribution in [0.2, 0.25) is 0 Å². The van der Waals surface area contributed by atoms with E-state index in [1.54, 1.807) is 13.8 Å². The molecule has 0 saturated heterocycles. The lowest BCUT2D eigenvalue weighted by Gasteiger charge is -2.38. The molecule has 1 aromatic carbocycles. The molecule has 4 N–H and O–H groups in total. The molecule has 0 radical (unpaired) electrons. The van der Waals surface area contributed by atoms with Crippen molar-refractivity contribution in [3.8, 4) is 17.4 Å². The normalized spacial score (nSPS) is 22.7. The maximum Gasteiger partial charge on any atom is 0.407 e. The van der Waals surface area contributed by atoms with Crippen molar-refractivity contribution < 1.29 is 38.0 Å². The number of fused-ring (bicyclic) bond motifs is 1. The average molecular weight is 453 g/mol. The average Bonchev–Trinajstić information content (AvgIpc) is 2.97. The van der Waals surface area contributed by atoms with Crippen LogP contribution >= 0.6 is 0 Å². The van der Waals surface area contributed by atoms with Gasteiger partial charge in [0, 0.05) is 12.1 Å². The van der Waals surface area contributed by atoms with E-state index in [-0.39, 0.29) is 23.2 Å². The molecule has 1 heterocycles. The van der Waals surface area contributed by atoms with Crippen molar-refractivity contribution in [1.29, 1.82) is 0 Å². The van der Waals surface area contributed by atoms with Crippen LogP contribution in [0.15, 0.2) is 18.2 Å². The highest BCUT2D eigenvalue weighted by Crippen LogP contribution is 2.53. The van der Waals surface area contributed by atoms with Crippen LogP contribution in [0.4, 0.5) is 23.7 Å². The minimum atomic E-state index is -4.84. The minimum absolute atomic E-state index is 0.0958. The van der Waals surface area contributed by atoms with Gasteiger partial charge in [0.2, 0.25) is 11.8 Å². The molecule has 0 spiro atoms. The lowest BCUT2D eigenvalue weighted by atomic mass is 9.75. The molecule has 0 aliphatic heterocycles. The van der Waals surface area contributed by atoms with E-state index in [1.165, 1.54) is 6.92 Å². The number of carbonyl (C=O) groups is 1. The summed E-state index contributed by atoms with van der Waals surface area (Å²) in [6.07, 6.45) is -6.61. The SMILES string of the molecule is [C-]#[N+]c1ccc(-n2c(O)c3c(c2O)C(C)(O)[C@@H](OC(=O)NCC)CC3C)cc1C(F)(F)F. The number of amides is 1. The van der Waals surface area contributed by atoms with Gasteiger partial charge in [-0.25, -0.2) is 9.64 Å². The fraction of sp³-hybridized carbons (Fsp3) is 0.429. The van der Waals surface area contributed by atoms with Crippen molar-refractivity contribution in [2.75, 3.05) is 6.54 Å². The Hall–Kier alpha value is -3.39. The highest BCUT2D eigenvalue weighted by molar-refractivity contribution is 5.68. The Bertz CT molecular complexity index is 1100. The zero-order valence-corrected chi connectivity index (χ0v) is 17.5. The molecule has 1 amide bonds. The van der Waals surface area contributed by atoms with Gasteiger partial charge in [-0.1, -0.05) is 13.0 Å². The lowest BCUT2D eigenvalue weighted by molar-refractivity contribution is -0.136. The van der Waals surface area contributed by atoms with E-state index in [0.29, 0.717) is 12.6 Å². The highest BCUT2D eigenvalue weighted by atomic mass is 19.4. The zero-order valence-electron chi connectivity index (χ0n) is 17.5. The number of halogens is 3. The Morgan fingerprint density at radius 1 is 1.38 bits per heavy atom. The van der Waals surface area contributed by atoms with Crippen molar-refractivity contribution in [1.82, 2.24) is 9.88 Å². The molecule has 172 valence electrons. The van der Waals surface area contributed by atoms with Crippen LogP contribution < -0.4 is 5.32 Å². The van der Waals surface area contributed by atoms with Crippen LogP contribution in [0, 0.1) is 6.57 Å². The van der Waals surface area contributed by atoms with E-state index >= 15 is 0 Å². The zero-order chi connectivity index (χ0) is 24.0. The largest absolute Gasteiger partial charge is 0.494 e. The van der Waals surface area contributed by atoms with E-state index in [0.717, 1.165) is 16.7 Å². The number of benzene rings is 1. The second-order valence-electron chi connectivity index (χ2n) is 7.79. The van der Waals surface area contributed by atoms with E-state index in [1.807, 2.05) is 0 Å². The summed E-state index contributed by atoms with van der Waals surface area (Å²) >= 11 is 0. The summed E-state index contributed by atoms with van der Waals surface area (Å²) in [6, 6.07) is 2.72. The Kier molecular flexibility index (Phi) is 5.78. The Morgan fingerprint density at radius 3 is 2.59 bits per heavy atom. The van der Waals surface area contributed by atoms with Gasteiger partial charge in [-0.2, -0.15) is 13.2 Å². The lowest BCUT2D eigenvalue weighted by Crippen LogP contribution is -2.45. The van der Waals surface area contributed by atoms with Crippen LogP contribution in [-0.4, -0.2) is 38.6 Å². The molecule has 2 aromatic rings. The molecular formula is C21H22F3N3O5. The smallest absolute Gasteiger partial charge is 0.407 e. The standard InChI is InChI=1S/C21H22F3N3O5/c1-5-26-19(30)32-14-8-10(2)15-16(20(14,3)31)18(29)27(17(15)28)11-6-7-13(25-4)12(9-11)21(22,23)24/h6-7,9-10,14,28-29,31H,5,8H2,1-3H3,(H,26,30)/t10?,14-,20?/m0/s1. The minimum Gasteiger partial charge on any atom is -0.494 e. The predicted molar refractivity (Wildman–Crippen MR) is 107 cm³/mol. The number of hydrogen-bond acceptors (Lipinski definition) is 5. The molecule has 0 saturated carbocycles. The third kappa shape index (κ3) is 3.71. The molecule has 3 rings (SSSR count). The molecular weight excluding hydrogens is 431 g/mol. The number of aromatic hydroxyl groups is 2. The molecule has 0 fully saturated rings. The van der Waals surface area contributed by atoms with Crippen LogP contribution in [0.5, 0.6) is 11.8 Å². The van der Waals surface area contributed by atoms with Crippen molar-refractivity contribution in [3.05, 3.63) is 46.3 Å². The van der Waals surface area contributed by atoms with Gasteiger partial charge in [0.1, 0.15) is 11.7 Å². The molecule has 2 unspecified atom stereocenters. The monoisotopic (exact) mass is 453 g/mol. The summed E-state index contributed by atoms with van der Waals surface area (Å²) in [5.41, 5.74) is -4.07. The van der Waals surface area contributed by atoms with Gasteiger partial charge in [-0.3, -0.25) is 4.57 Å². The number of carbonyl (C=O) groups excluding carboxylic acids is 1. The quantitative estimate of drug-likeness (QED) is 0.519. The number of ether oxygens (including phenoxy) is 1. The second-order valence-corrected chi connectivity index (χ2v) is 7.79. The number of nitrogens with one attached hydrogen (secondary N) is 1. The first-order valence-corrected chi connectivity index (χ1v) is 9.77. The van der Waals surface area contributed by atoms with Crippen LogP contribution in [0.1, 0.15) is 49.8 Å².